The Morgan fingerprint density at radius 1 is 0.972 bits per heavy atom. The van der Waals surface area contributed by atoms with Crippen molar-refractivity contribution in [2.45, 2.75) is 149 Å². The van der Waals surface area contributed by atoms with Gasteiger partial charge in [0.05, 0.1) is 18.1 Å². The summed E-state index contributed by atoms with van der Waals surface area (Å²) in [5, 5.41) is 9.52. The molecule has 1 unspecified atom stereocenters. The molecule has 212 valence electrons. The Morgan fingerprint density at radius 2 is 1.47 bits per heavy atom. The smallest absolute Gasteiger partial charge is 0.412 e. The molecule has 1 N–H and O–H groups in total. The van der Waals surface area contributed by atoms with Crippen molar-refractivity contribution in [3.05, 3.63) is 0 Å². The van der Waals surface area contributed by atoms with E-state index in [0.717, 1.165) is 6.42 Å². The van der Waals surface area contributed by atoms with Gasteiger partial charge in [-0.1, -0.05) is 55.4 Å². The number of hydrogen-bond acceptors (Lipinski definition) is 5. The highest BCUT2D eigenvalue weighted by Gasteiger charge is 2.52. The maximum atomic E-state index is 13.3. The monoisotopic (exact) mass is 529 g/mol. The van der Waals surface area contributed by atoms with Crippen LogP contribution in [0.4, 0.5) is 4.79 Å². The second-order valence-corrected chi connectivity index (χ2v) is 18.8. The van der Waals surface area contributed by atoms with Crippen molar-refractivity contribution in [1.29, 1.82) is 0 Å². The van der Waals surface area contributed by atoms with Crippen molar-refractivity contribution in [2.75, 3.05) is 6.61 Å². The van der Waals surface area contributed by atoms with Crippen LogP contribution in [0.2, 0.25) is 16.6 Å². The standard InChI is InChI=1S/C28H55NO6Si/c1-18(2)36(19(3)4,20(5)6)33-15-14-21(7)16-23-24(17-22(8)25(30)31)34-28(12,13)29(23)26(32)35-27(9,10)11/h18-24H,14-17H2,1-13H3,(H,30,31)/t21?,22-,23+,24+/m1/s1. The molecule has 36 heavy (non-hydrogen) atoms. The van der Waals surface area contributed by atoms with Gasteiger partial charge in [-0.3, -0.25) is 9.69 Å². The van der Waals surface area contributed by atoms with Crippen LogP contribution in [0.1, 0.15) is 109 Å². The molecule has 1 heterocycles. The summed E-state index contributed by atoms with van der Waals surface area (Å²) >= 11 is 0. The van der Waals surface area contributed by atoms with Crippen molar-refractivity contribution >= 4 is 20.4 Å². The summed E-state index contributed by atoms with van der Waals surface area (Å²) in [6.07, 6.45) is 1.12. The quantitative estimate of drug-likeness (QED) is 0.264. The maximum Gasteiger partial charge on any atom is 0.412 e. The molecule has 1 amide bonds. The van der Waals surface area contributed by atoms with Crippen molar-refractivity contribution in [1.82, 2.24) is 4.90 Å². The van der Waals surface area contributed by atoms with Crippen LogP contribution in [-0.2, 0) is 18.7 Å². The van der Waals surface area contributed by atoms with Gasteiger partial charge in [-0.2, -0.15) is 0 Å². The average Bonchev–Trinajstić information content (AvgIpc) is 2.91. The van der Waals surface area contributed by atoms with E-state index in [1.807, 2.05) is 34.6 Å². The molecule has 0 radical (unpaired) electrons. The fourth-order valence-electron chi connectivity index (χ4n) is 6.12. The number of rotatable bonds is 12. The van der Waals surface area contributed by atoms with Crippen LogP contribution in [0.3, 0.4) is 0 Å². The molecule has 1 aliphatic heterocycles. The molecule has 0 aromatic carbocycles. The van der Waals surface area contributed by atoms with Crippen LogP contribution in [0.5, 0.6) is 0 Å². The van der Waals surface area contributed by atoms with E-state index in [2.05, 4.69) is 48.5 Å². The predicted molar refractivity (Wildman–Crippen MR) is 148 cm³/mol. The van der Waals surface area contributed by atoms with E-state index in [1.54, 1.807) is 11.8 Å². The van der Waals surface area contributed by atoms with Crippen molar-refractivity contribution in [3.63, 3.8) is 0 Å². The van der Waals surface area contributed by atoms with Gasteiger partial charge in [-0.05, 0) is 76.4 Å². The summed E-state index contributed by atoms with van der Waals surface area (Å²) in [6.45, 7) is 27.6. The van der Waals surface area contributed by atoms with Gasteiger partial charge < -0.3 is 19.0 Å². The minimum atomic E-state index is -1.94. The molecular formula is C28H55NO6Si. The third kappa shape index (κ3) is 8.19. The molecular weight excluding hydrogens is 474 g/mol. The summed E-state index contributed by atoms with van der Waals surface area (Å²) in [5.41, 5.74) is 0.0626. The molecule has 1 aliphatic rings. The zero-order valence-corrected chi connectivity index (χ0v) is 26.3. The Balaban J connectivity index is 3.10. The maximum absolute atomic E-state index is 13.3. The van der Waals surface area contributed by atoms with Gasteiger partial charge in [-0.15, -0.1) is 0 Å². The lowest BCUT2D eigenvalue weighted by Gasteiger charge is -2.42. The molecule has 1 rings (SSSR count). The van der Waals surface area contributed by atoms with Crippen molar-refractivity contribution in [2.24, 2.45) is 11.8 Å². The highest BCUT2D eigenvalue weighted by molar-refractivity contribution is 6.77. The Hall–Kier alpha value is -1.12. The first kappa shape index (κ1) is 32.9. The SMILES string of the molecule is CC(CCO[Si](C(C)C)(C(C)C)C(C)C)C[C@H]1[C@H](C[C@@H](C)C(=O)O)OC(C)(C)N1C(=O)OC(C)(C)C. The van der Waals surface area contributed by atoms with Crippen LogP contribution in [0.25, 0.3) is 0 Å². The van der Waals surface area contributed by atoms with Crippen LogP contribution in [0, 0.1) is 11.8 Å². The fraction of sp³-hybridized carbons (Fsp3) is 0.929. The molecule has 0 saturated carbocycles. The van der Waals surface area contributed by atoms with Crippen LogP contribution in [-0.4, -0.2) is 60.5 Å². The molecule has 0 bridgehead atoms. The molecule has 7 nitrogen and oxygen atoms in total. The summed E-state index contributed by atoms with van der Waals surface area (Å²) in [4.78, 5) is 26.6. The van der Waals surface area contributed by atoms with E-state index in [0.29, 0.717) is 36.1 Å². The van der Waals surface area contributed by atoms with Gasteiger partial charge >= 0.3 is 12.1 Å². The molecule has 0 aromatic rings. The van der Waals surface area contributed by atoms with Gasteiger partial charge in [0.15, 0.2) is 8.32 Å². The predicted octanol–water partition coefficient (Wildman–Crippen LogP) is 7.45. The minimum Gasteiger partial charge on any atom is -0.481 e. The fourth-order valence-corrected chi connectivity index (χ4v) is 11.6. The van der Waals surface area contributed by atoms with Gasteiger partial charge in [0, 0.05) is 6.61 Å². The lowest BCUT2D eigenvalue weighted by atomic mass is 9.90. The number of carbonyl (C=O) groups excluding carboxylic acids is 1. The highest BCUT2D eigenvalue weighted by Crippen LogP contribution is 2.43. The number of carbonyl (C=O) groups is 2. The largest absolute Gasteiger partial charge is 0.481 e. The number of amides is 1. The molecule has 0 spiro atoms. The van der Waals surface area contributed by atoms with Crippen LogP contribution < -0.4 is 0 Å². The van der Waals surface area contributed by atoms with Gasteiger partial charge in [-0.25, -0.2) is 4.79 Å². The topological polar surface area (TPSA) is 85.3 Å². The van der Waals surface area contributed by atoms with E-state index < -0.39 is 37.6 Å². The summed E-state index contributed by atoms with van der Waals surface area (Å²) < 4.78 is 18.8. The van der Waals surface area contributed by atoms with Gasteiger partial charge in [0.25, 0.3) is 0 Å². The highest BCUT2D eigenvalue weighted by atomic mass is 28.4. The second-order valence-electron chi connectivity index (χ2n) is 13.3. The van der Waals surface area contributed by atoms with Gasteiger partial charge in [0.1, 0.15) is 11.3 Å². The van der Waals surface area contributed by atoms with E-state index in [4.69, 9.17) is 13.9 Å². The Bertz CT molecular complexity index is 708. The zero-order valence-electron chi connectivity index (χ0n) is 25.3. The van der Waals surface area contributed by atoms with Crippen LogP contribution >= 0.6 is 0 Å². The second kappa shape index (κ2) is 12.6. The summed E-state index contributed by atoms with van der Waals surface area (Å²) in [7, 11) is -1.94. The minimum absolute atomic E-state index is 0.262. The third-order valence-corrected chi connectivity index (χ3v) is 13.8. The molecule has 4 atom stereocenters. The Morgan fingerprint density at radius 3 is 1.89 bits per heavy atom. The van der Waals surface area contributed by atoms with E-state index in [9.17, 15) is 14.7 Å². The Kier molecular flexibility index (Phi) is 11.5. The number of hydrogen-bond donors (Lipinski definition) is 1. The number of ether oxygens (including phenoxy) is 2. The van der Waals surface area contributed by atoms with Crippen LogP contribution in [0.15, 0.2) is 0 Å². The number of carboxylic acids is 1. The number of carboxylic acid groups (broad SMARTS) is 1. The first-order valence-electron chi connectivity index (χ1n) is 13.8. The summed E-state index contributed by atoms with van der Waals surface area (Å²) in [6, 6.07) is -0.269. The third-order valence-electron chi connectivity index (χ3n) is 7.69. The molecule has 1 fully saturated rings. The lowest BCUT2D eigenvalue weighted by molar-refractivity contribution is -0.143. The van der Waals surface area contributed by atoms with Gasteiger partial charge in [0.2, 0.25) is 0 Å². The normalized spacial score (nSPS) is 22.4. The molecule has 0 aromatic heterocycles. The lowest BCUT2D eigenvalue weighted by Crippen LogP contribution is -2.51. The number of nitrogens with zero attached hydrogens (tertiary/aromatic N) is 1. The zero-order chi connectivity index (χ0) is 28.2. The van der Waals surface area contributed by atoms with E-state index in [1.165, 1.54) is 0 Å². The molecule has 8 heteroatoms. The van der Waals surface area contributed by atoms with E-state index >= 15 is 0 Å². The first-order chi connectivity index (χ1) is 16.3. The molecule has 1 saturated heterocycles. The molecule has 0 aliphatic carbocycles. The van der Waals surface area contributed by atoms with Crippen molar-refractivity contribution < 1.29 is 28.6 Å². The van der Waals surface area contributed by atoms with E-state index in [-0.39, 0.29) is 18.1 Å². The summed E-state index contributed by atoms with van der Waals surface area (Å²) in [5.74, 6) is -1.16. The Labute approximate surface area is 221 Å². The van der Waals surface area contributed by atoms with Crippen molar-refractivity contribution in [3.8, 4) is 0 Å². The first-order valence-corrected chi connectivity index (χ1v) is 16.0. The number of aliphatic carboxylic acids is 1. The average molecular weight is 530 g/mol.